The largest absolute Gasteiger partial charge is 0.242 e. The van der Waals surface area contributed by atoms with Gasteiger partial charge in [-0.05, 0) is 31.9 Å². The Hall–Kier alpha value is -0.900. The molecule has 0 N–H and O–H groups in total. The van der Waals surface area contributed by atoms with Gasteiger partial charge in [0.2, 0.25) is 0 Å². The molecule has 70 valence electrons. The quantitative estimate of drug-likeness (QED) is 0.718. The molecule has 1 aliphatic rings. The van der Waals surface area contributed by atoms with Crippen molar-refractivity contribution >= 4 is 9.84 Å². The topological polar surface area (TPSA) is 47.0 Å². The Labute approximate surface area is 77.7 Å². The molecule has 0 aliphatic heterocycles. The maximum atomic E-state index is 11.7. The van der Waals surface area contributed by atoms with Crippen molar-refractivity contribution in [3.63, 3.8) is 0 Å². The highest BCUT2D eigenvalue weighted by Gasteiger charge is 2.37. The average molecular weight is 197 g/mol. The maximum Gasteiger partial charge on any atom is 0.198 e. The number of hydrogen-bond acceptors (Lipinski definition) is 3. The van der Waals surface area contributed by atoms with Crippen LogP contribution in [-0.2, 0) is 9.84 Å². The number of hydrogen-bond donors (Lipinski definition) is 0. The first-order valence-corrected chi connectivity index (χ1v) is 5.83. The van der Waals surface area contributed by atoms with Crippen molar-refractivity contribution in [3.05, 3.63) is 23.9 Å². The standard InChI is InChI=1S/C9H11NO2S/c1-7-3-2-4-9(10-7)13(11,12)8-5-6-8/h2-4,8H,5-6H2,1H3. The second-order valence-corrected chi connectivity index (χ2v) is 5.54. The number of sulfone groups is 1. The van der Waals surface area contributed by atoms with E-state index in [0.29, 0.717) is 0 Å². The first-order valence-electron chi connectivity index (χ1n) is 4.28. The predicted molar refractivity (Wildman–Crippen MR) is 49.2 cm³/mol. The van der Waals surface area contributed by atoms with Crippen molar-refractivity contribution in [2.45, 2.75) is 30.0 Å². The number of rotatable bonds is 2. The molecule has 4 heteroatoms. The van der Waals surface area contributed by atoms with E-state index in [1.54, 1.807) is 25.1 Å². The van der Waals surface area contributed by atoms with Crippen LogP contribution < -0.4 is 0 Å². The molecule has 0 spiro atoms. The smallest absolute Gasteiger partial charge is 0.198 e. The molecule has 2 rings (SSSR count). The normalized spacial score (nSPS) is 17.3. The fourth-order valence-electron chi connectivity index (χ4n) is 1.23. The minimum absolute atomic E-state index is 0.165. The lowest BCUT2D eigenvalue weighted by atomic mass is 10.4. The van der Waals surface area contributed by atoms with Gasteiger partial charge in [0, 0.05) is 5.69 Å². The van der Waals surface area contributed by atoms with Gasteiger partial charge in [0.15, 0.2) is 14.9 Å². The van der Waals surface area contributed by atoms with Crippen LogP contribution in [-0.4, -0.2) is 18.7 Å². The SMILES string of the molecule is Cc1cccc(S(=O)(=O)C2CC2)n1. The zero-order valence-corrected chi connectivity index (χ0v) is 8.21. The zero-order chi connectivity index (χ0) is 9.47. The lowest BCUT2D eigenvalue weighted by Crippen LogP contribution is -2.09. The summed E-state index contributed by atoms with van der Waals surface area (Å²) in [5.41, 5.74) is 0.752. The lowest BCUT2D eigenvalue weighted by molar-refractivity contribution is 0.590. The Morgan fingerprint density at radius 1 is 1.38 bits per heavy atom. The van der Waals surface area contributed by atoms with Crippen molar-refractivity contribution in [3.8, 4) is 0 Å². The third kappa shape index (κ3) is 1.58. The van der Waals surface area contributed by atoms with E-state index in [4.69, 9.17) is 0 Å². The van der Waals surface area contributed by atoms with Crippen molar-refractivity contribution in [2.75, 3.05) is 0 Å². The second-order valence-electron chi connectivity index (χ2n) is 3.36. The number of nitrogens with zero attached hydrogens (tertiary/aromatic N) is 1. The molecule has 1 fully saturated rings. The Balaban J connectivity index is 2.45. The van der Waals surface area contributed by atoms with E-state index in [9.17, 15) is 8.42 Å². The second kappa shape index (κ2) is 2.80. The van der Waals surface area contributed by atoms with Crippen molar-refractivity contribution in [2.24, 2.45) is 0 Å². The van der Waals surface area contributed by atoms with Crippen LogP contribution in [0.25, 0.3) is 0 Å². The molecule has 1 aromatic heterocycles. The van der Waals surface area contributed by atoms with E-state index in [0.717, 1.165) is 18.5 Å². The zero-order valence-electron chi connectivity index (χ0n) is 7.40. The van der Waals surface area contributed by atoms with Gasteiger partial charge in [0.05, 0.1) is 5.25 Å². The van der Waals surface area contributed by atoms with E-state index in [1.165, 1.54) is 0 Å². The van der Waals surface area contributed by atoms with Crippen LogP contribution in [0.3, 0.4) is 0 Å². The number of aromatic nitrogens is 1. The first kappa shape index (κ1) is 8.69. The molecular formula is C9H11NO2S. The Bertz CT molecular complexity index is 421. The van der Waals surface area contributed by atoms with Crippen LogP contribution in [0.15, 0.2) is 23.2 Å². The average Bonchev–Trinajstić information content (AvgIpc) is 2.86. The molecule has 1 heterocycles. The Morgan fingerprint density at radius 2 is 2.08 bits per heavy atom. The van der Waals surface area contributed by atoms with E-state index in [1.807, 2.05) is 0 Å². The fourth-order valence-corrected chi connectivity index (χ4v) is 2.86. The molecule has 0 bridgehead atoms. The summed E-state index contributed by atoms with van der Waals surface area (Å²) in [6.45, 7) is 1.80. The van der Waals surface area contributed by atoms with Gasteiger partial charge in [-0.25, -0.2) is 13.4 Å². The molecule has 0 unspecified atom stereocenters. The first-order chi connectivity index (χ1) is 6.10. The summed E-state index contributed by atoms with van der Waals surface area (Å²) in [5.74, 6) is 0. The summed E-state index contributed by atoms with van der Waals surface area (Å²) in [6, 6.07) is 5.10. The van der Waals surface area contributed by atoms with E-state index in [-0.39, 0.29) is 10.3 Å². The predicted octanol–water partition coefficient (Wildman–Crippen LogP) is 1.33. The van der Waals surface area contributed by atoms with Gasteiger partial charge in [-0.1, -0.05) is 6.07 Å². The molecule has 0 atom stereocenters. The highest BCUT2D eigenvalue weighted by Crippen LogP contribution is 2.32. The van der Waals surface area contributed by atoms with Crippen LogP contribution >= 0.6 is 0 Å². The maximum absolute atomic E-state index is 11.7. The summed E-state index contributed by atoms with van der Waals surface area (Å²) in [7, 11) is -3.10. The monoisotopic (exact) mass is 197 g/mol. The van der Waals surface area contributed by atoms with Crippen LogP contribution in [0.4, 0.5) is 0 Å². The third-order valence-corrected chi connectivity index (χ3v) is 4.28. The van der Waals surface area contributed by atoms with Crippen LogP contribution in [0.5, 0.6) is 0 Å². The van der Waals surface area contributed by atoms with Gasteiger partial charge in [-0.3, -0.25) is 0 Å². The van der Waals surface area contributed by atoms with Crippen molar-refractivity contribution in [1.82, 2.24) is 4.98 Å². The summed E-state index contributed by atoms with van der Waals surface area (Å²) < 4.78 is 23.4. The molecule has 1 aromatic rings. The third-order valence-electron chi connectivity index (χ3n) is 2.12. The van der Waals surface area contributed by atoms with Crippen LogP contribution in [0.1, 0.15) is 18.5 Å². The molecule has 1 saturated carbocycles. The van der Waals surface area contributed by atoms with Crippen molar-refractivity contribution < 1.29 is 8.42 Å². The van der Waals surface area contributed by atoms with E-state index in [2.05, 4.69) is 4.98 Å². The highest BCUT2D eigenvalue weighted by molar-refractivity contribution is 7.92. The molecule has 0 aromatic carbocycles. The van der Waals surface area contributed by atoms with Gasteiger partial charge in [-0.15, -0.1) is 0 Å². The number of aryl methyl sites for hydroxylation is 1. The lowest BCUT2D eigenvalue weighted by Gasteiger charge is -2.01. The fraction of sp³-hybridized carbons (Fsp3) is 0.444. The minimum atomic E-state index is -3.10. The molecule has 1 aliphatic carbocycles. The van der Waals surface area contributed by atoms with Crippen molar-refractivity contribution in [1.29, 1.82) is 0 Å². The highest BCUT2D eigenvalue weighted by atomic mass is 32.2. The van der Waals surface area contributed by atoms with E-state index < -0.39 is 9.84 Å². The van der Waals surface area contributed by atoms with Gasteiger partial charge in [0.25, 0.3) is 0 Å². The van der Waals surface area contributed by atoms with Crippen LogP contribution in [0.2, 0.25) is 0 Å². The molecule has 0 radical (unpaired) electrons. The Morgan fingerprint density at radius 3 is 2.62 bits per heavy atom. The van der Waals surface area contributed by atoms with Gasteiger partial charge in [0.1, 0.15) is 0 Å². The van der Waals surface area contributed by atoms with Crippen LogP contribution in [0, 0.1) is 6.92 Å². The number of pyridine rings is 1. The molecular weight excluding hydrogens is 186 g/mol. The summed E-state index contributed by atoms with van der Waals surface area (Å²) in [6.07, 6.45) is 1.58. The Kier molecular flexibility index (Phi) is 1.87. The molecule has 0 amide bonds. The van der Waals surface area contributed by atoms with Gasteiger partial charge >= 0.3 is 0 Å². The van der Waals surface area contributed by atoms with E-state index >= 15 is 0 Å². The molecule has 0 saturated heterocycles. The van der Waals surface area contributed by atoms with Gasteiger partial charge in [-0.2, -0.15) is 0 Å². The molecule has 3 nitrogen and oxygen atoms in total. The molecule has 13 heavy (non-hydrogen) atoms. The van der Waals surface area contributed by atoms with Gasteiger partial charge < -0.3 is 0 Å². The summed E-state index contributed by atoms with van der Waals surface area (Å²) >= 11 is 0. The summed E-state index contributed by atoms with van der Waals surface area (Å²) in [4.78, 5) is 4.02. The minimum Gasteiger partial charge on any atom is -0.242 e. The summed E-state index contributed by atoms with van der Waals surface area (Å²) in [5, 5.41) is 0.0665.